The highest BCUT2D eigenvalue weighted by Crippen LogP contribution is 2.22. The monoisotopic (exact) mass is 809 g/mol. The molecule has 0 radical (unpaired) electrons. The van der Waals surface area contributed by atoms with E-state index >= 15 is 0 Å². The van der Waals surface area contributed by atoms with Gasteiger partial charge in [0.2, 0.25) is 0 Å². The summed E-state index contributed by atoms with van der Waals surface area (Å²) < 4.78 is 22.1. The van der Waals surface area contributed by atoms with Crippen LogP contribution in [0.15, 0.2) is 36.5 Å². The number of rotatable bonds is 38. The molecule has 1 rings (SSSR count). The molecule has 0 amide bonds. The van der Waals surface area contributed by atoms with Gasteiger partial charge in [-0.25, -0.2) is 0 Å². The summed E-state index contributed by atoms with van der Waals surface area (Å²) in [6.07, 6.45) is 35.8. The molecule has 0 aliphatic carbocycles. The Hall–Kier alpha value is -2.08. The van der Waals surface area contributed by atoms with Gasteiger partial charge in [-0.1, -0.05) is 153 Å². The molecule has 332 valence electrons. The van der Waals surface area contributed by atoms with Gasteiger partial charge in [-0.2, -0.15) is 0 Å². The molecule has 1 aliphatic heterocycles. The molecule has 0 aromatic heterocycles. The molecule has 57 heavy (non-hydrogen) atoms. The van der Waals surface area contributed by atoms with Crippen molar-refractivity contribution >= 4 is 11.9 Å². The second-order valence-electron chi connectivity index (χ2n) is 15.8. The molecule has 2 unspecified atom stereocenters. The van der Waals surface area contributed by atoms with Crippen molar-refractivity contribution in [3.63, 3.8) is 0 Å². The van der Waals surface area contributed by atoms with Crippen LogP contribution >= 0.6 is 0 Å². The second kappa shape index (κ2) is 38.1. The molecular weight excluding hydrogens is 725 g/mol. The summed E-state index contributed by atoms with van der Waals surface area (Å²) in [7, 11) is 0. The van der Waals surface area contributed by atoms with Crippen LogP contribution in [-0.2, 0) is 28.5 Å². The van der Waals surface area contributed by atoms with Crippen LogP contribution in [0.1, 0.15) is 194 Å². The van der Waals surface area contributed by atoms with Gasteiger partial charge in [0.15, 0.2) is 12.4 Å². The maximum absolute atomic E-state index is 12.8. The van der Waals surface area contributed by atoms with Gasteiger partial charge >= 0.3 is 11.9 Å². The Labute approximate surface area is 346 Å². The largest absolute Gasteiger partial charge is 0.462 e. The fraction of sp³-hybridized carbons (Fsp3) is 0.830. The number of hydrogen-bond acceptors (Lipinski definition) is 10. The molecule has 10 nitrogen and oxygen atoms in total. The van der Waals surface area contributed by atoms with Gasteiger partial charge in [-0.05, 0) is 64.2 Å². The molecule has 1 aliphatic rings. The smallest absolute Gasteiger partial charge is 0.306 e. The molecule has 0 aromatic carbocycles. The summed E-state index contributed by atoms with van der Waals surface area (Å²) in [6, 6.07) is 0. The summed E-state index contributed by atoms with van der Waals surface area (Å²) in [5, 5.41) is 40.1. The van der Waals surface area contributed by atoms with Gasteiger partial charge in [0, 0.05) is 12.8 Å². The van der Waals surface area contributed by atoms with Crippen molar-refractivity contribution in [3.05, 3.63) is 36.5 Å². The lowest BCUT2D eigenvalue weighted by Gasteiger charge is -2.39. The average molecular weight is 809 g/mol. The van der Waals surface area contributed by atoms with Gasteiger partial charge in [0.25, 0.3) is 0 Å². The van der Waals surface area contributed by atoms with Crippen LogP contribution in [0.25, 0.3) is 0 Å². The zero-order valence-electron chi connectivity index (χ0n) is 36.1. The number of unbranched alkanes of at least 4 members (excludes halogenated alkanes) is 21. The third kappa shape index (κ3) is 29.7. The van der Waals surface area contributed by atoms with Crippen molar-refractivity contribution in [2.24, 2.45) is 0 Å². The Morgan fingerprint density at radius 3 is 1.54 bits per heavy atom. The van der Waals surface area contributed by atoms with E-state index in [0.29, 0.717) is 12.8 Å². The highest BCUT2D eigenvalue weighted by Gasteiger charge is 2.44. The first-order valence-electron chi connectivity index (χ1n) is 23.1. The number of carbonyl (C=O) groups excluding carboxylic acids is 2. The van der Waals surface area contributed by atoms with E-state index in [2.05, 4.69) is 50.3 Å². The maximum atomic E-state index is 12.8. The lowest BCUT2D eigenvalue weighted by Crippen LogP contribution is -2.59. The van der Waals surface area contributed by atoms with Gasteiger partial charge in [0.1, 0.15) is 31.0 Å². The van der Waals surface area contributed by atoms with Crippen molar-refractivity contribution in [1.82, 2.24) is 0 Å². The van der Waals surface area contributed by atoms with Crippen LogP contribution in [-0.4, -0.2) is 89.0 Å². The lowest BCUT2D eigenvalue weighted by atomic mass is 9.99. The SMILES string of the molecule is CCCCCC/C=C/CCCCCCCCCC(=O)O[C@@H](COC(=O)CCC/C=C/C/C=C/CCCCCCCCCCC)CO[C@H]1O[C@@H](CO)[C@@H](O)C(O)C1O. The first-order chi connectivity index (χ1) is 27.8. The minimum absolute atomic E-state index is 0.211. The lowest BCUT2D eigenvalue weighted by molar-refractivity contribution is -0.305. The first-order valence-corrected chi connectivity index (χ1v) is 23.1. The highest BCUT2D eigenvalue weighted by atomic mass is 16.7. The van der Waals surface area contributed by atoms with E-state index in [-0.39, 0.29) is 26.1 Å². The minimum Gasteiger partial charge on any atom is -0.462 e. The summed E-state index contributed by atoms with van der Waals surface area (Å²) in [5.41, 5.74) is 0. The third-order valence-electron chi connectivity index (χ3n) is 10.5. The molecule has 0 bridgehead atoms. The van der Waals surface area contributed by atoms with E-state index in [1.54, 1.807) is 0 Å². The van der Waals surface area contributed by atoms with Crippen molar-refractivity contribution < 1.29 is 49.0 Å². The van der Waals surface area contributed by atoms with Gasteiger partial charge in [-0.3, -0.25) is 9.59 Å². The van der Waals surface area contributed by atoms with E-state index in [4.69, 9.17) is 18.9 Å². The number of esters is 2. The Morgan fingerprint density at radius 1 is 0.544 bits per heavy atom. The van der Waals surface area contributed by atoms with Gasteiger partial charge < -0.3 is 39.4 Å². The summed E-state index contributed by atoms with van der Waals surface area (Å²) >= 11 is 0. The number of ether oxygens (including phenoxy) is 4. The van der Waals surface area contributed by atoms with Crippen LogP contribution < -0.4 is 0 Å². The van der Waals surface area contributed by atoms with Crippen molar-refractivity contribution in [2.45, 2.75) is 230 Å². The quantitative estimate of drug-likeness (QED) is 0.0270. The fourth-order valence-corrected chi connectivity index (χ4v) is 6.81. The Bertz CT molecular complexity index is 1030. The molecule has 0 saturated carbocycles. The summed E-state index contributed by atoms with van der Waals surface area (Å²) in [6.45, 7) is 3.37. The molecule has 4 N–H and O–H groups in total. The number of carbonyl (C=O) groups is 2. The minimum atomic E-state index is -1.60. The Morgan fingerprint density at radius 2 is 1.00 bits per heavy atom. The van der Waals surface area contributed by atoms with Crippen LogP contribution in [0.3, 0.4) is 0 Å². The van der Waals surface area contributed by atoms with Crippen molar-refractivity contribution in [1.29, 1.82) is 0 Å². The standard InChI is InChI=1S/C47H84O10/c1-3-5-7-9-11-13-15-17-19-20-22-23-25-27-29-31-33-35-42(49)54-38-40(39-55-47-46(53)45(52)44(51)41(37-48)57-47)56-43(50)36-34-32-30-28-26-24-21-18-16-14-12-10-8-6-4-2/h14,16,22-23,27,29,40-41,44-48,51-53H,3-13,15,17-21,24-26,28,30-39H2,1-2H3/b16-14+,23-22+,29-27+/t40-,41-,44+,45?,46?,47-/m0/s1. The van der Waals surface area contributed by atoms with Crippen LogP contribution in [0.5, 0.6) is 0 Å². The van der Waals surface area contributed by atoms with Crippen LogP contribution in [0.4, 0.5) is 0 Å². The maximum Gasteiger partial charge on any atom is 0.306 e. The first kappa shape index (κ1) is 52.9. The normalized spacial score (nSPS) is 20.6. The van der Waals surface area contributed by atoms with E-state index in [9.17, 15) is 30.0 Å². The molecule has 1 saturated heterocycles. The number of aliphatic hydroxyl groups excluding tert-OH is 4. The van der Waals surface area contributed by atoms with E-state index < -0.39 is 55.4 Å². The second-order valence-corrected chi connectivity index (χ2v) is 15.8. The Kier molecular flexibility index (Phi) is 35.4. The zero-order valence-corrected chi connectivity index (χ0v) is 36.1. The average Bonchev–Trinajstić information content (AvgIpc) is 3.21. The highest BCUT2D eigenvalue weighted by molar-refractivity contribution is 5.70. The Balaban J connectivity index is 2.35. The van der Waals surface area contributed by atoms with Crippen molar-refractivity contribution in [2.75, 3.05) is 19.8 Å². The third-order valence-corrected chi connectivity index (χ3v) is 10.5. The number of allylic oxidation sites excluding steroid dienone is 6. The van der Waals surface area contributed by atoms with E-state index in [0.717, 1.165) is 44.9 Å². The van der Waals surface area contributed by atoms with E-state index in [1.807, 2.05) is 0 Å². The zero-order chi connectivity index (χ0) is 41.6. The molecule has 0 aromatic rings. The summed E-state index contributed by atoms with van der Waals surface area (Å²) in [5.74, 6) is -0.862. The van der Waals surface area contributed by atoms with Gasteiger partial charge in [-0.15, -0.1) is 0 Å². The molecule has 1 fully saturated rings. The predicted octanol–water partition coefficient (Wildman–Crippen LogP) is 9.89. The molecule has 1 heterocycles. The van der Waals surface area contributed by atoms with Gasteiger partial charge in [0.05, 0.1) is 13.2 Å². The number of aliphatic hydroxyl groups is 4. The van der Waals surface area contributed by atoms with Crippen molar-refractivity contribution in [3.8, 4) is 0 Å². The predicted molar refractivity (Wildman–Crippen MR) is 229 cm³/mol. The fourth-order valence-electron chi connectivity index (χ4n) is 6.81. The van der Waals surface area contributed by atoms with E-state index in [1.165, 1.54) is 109 Å². The van der Waals surface area contributed by atoms with Crippen LogP contribution in [0, 0.1) is 0 Å². The van der Waals surface area contributed by atoms with Crippen LogP contribution in [0.2, 0.25) is 0 Å². The molecular formula is C47H84O10. The molecule has 10 heteroatoms. The molecule has 0 spiro atoms. The summed E-state index contributed by atoms with van der Waals surface area (Å²) in [4.78, 5) is 25.3. The number of hydrogen-bond donors (Lipinski definition) is 4. The molecule has 6 atom stereocenters. The topological polar surface area (TPSA) is 152 Å².